The first-order valence-corrected chi connectivity index (χ1v) is 5.79. The van der Waals surface area contributed by atoms with Gasteiger partial charge in [-0.15, -0.1) is 0 Å². The minimum atomic E-state index is -0.597. The van der Waals surface area contributed by atoms with Crippen molar-refractivity contribution in [1.82, 2.24) is 5.32 Å². The summed E-state index contributed by atoms with van der Waals surface area (Å²) in [5.41, 5.74) is 0.721. The van der Waals surface area contributed by atoms with Gasteiger partial charge in [-0.3, -0.25) is 0 Å². The topological polar surface area (TPSA) is 41.5 Å². The Hall–Kier alpha value is -0.770. The van der Waals surface area contributed by atoms with Crippen LogP contribution in [0.1, 0.15) is 25.0 Å². The van der Waals surface area contributed by atoms with Crippen LogP contribution in [0.2, 0.25) is 5.02 Å². The number of halogens is 1. The quantitative estimate of drug-likeness (QED) is 0.754. The first-order valence-electron chi connectivity index (χ1n) is 5.41. The van der Waals surface area contributed by atoms with Crippen molar-refractivity contribution in [2.24, 2.45) is 0 Å². The van der Waals surface area contributed by atoms with Crippen LogP contribution in [-0.2, 0) is 0 Å². The molecule has 0 bridgehead atoms. The van der Waals surface area contributed by atoms with Crippen molar-refractivity contribution < 1.29 is 9.84 Å². The molecule has 0 saturated carbocycles. The average molecular weight is 244 g/mol. The van der Waals surface area contributed by atoms with Crippen molar-refractivity contribution in [1.29, 1.82) is 0 Å². The molecule has 0 aliphatic rings. The molecule has 0 spiro atoms. The number of ether oxygens (including phenoxy) is 1. The van der Waals surface area contributed by atoms with E-state index in [4.69, 9.17) is 16.3 Å². The Morgan fingerprint density at radius 1 is 1.50 bits per heavy atom. The highest BCUT2D eigenvalue weighted by Gasteiger charge is 2.13. The third-order valence-corrected chi connectivity index (χ3v) is 2.55. The Morgan fingerprint density at radius 2 is 2.25 bits per heavy atom. The molecule has 1 unspecified atom stereocenters. The summed E-state index contributed by atoms with van der Waals surface area (Å²) in [6.07, 6.45) is 0.444. The van der Waals surface area contributed by atoms with Gasteiger partial charge >= 0.3 is 0 Å². The fourth-order valence-electron chi connectivity index (χ4n) is 1.49. The molecule has 0 saturated heterocycles. The lowest BCUT2D eigenvalue weighted by molar-refractivity contribution is 0.171. The fourth-order valence-corrected chi connectivity index (χ4v) is 1.67. The summed E-state index contributed by atoms with van der Waals surface area (Å²) in [5.74, 6) is 0.662. The van der Waals surface area contributed by atoms with Crippen LogP contribution in [0, 0.1) is 0 Å². The number of aliphatic hydroxyl groups excluding tert-OH is 1. The first kappa shape index (κ1) is 13.3. The van der Waals surface area contributed by atoms with Gasteiger partial charge in [0.15, 0.2) is 0 Å². The zero-order chi connectivity index (χ0) is 12.0. The van der Waals surface area contributed by atoms with Crippen molar-refractivity contribution >= 4 is 11.6 Å². The number of aliphatic hydroxyl groups is 1. The predicted molar refractivity (Wildman–Crippen MR) is 66.1 cm³/mol. The third kappa shape index (κ3) is 3.67. The van der Waals surface area contributed by atoms with Crippen LogP contribution in [0.15, 0.2) is 18.2 Å². The van der Waals surface area contributed by atoms with E-state index in [1.165, 1.54) is 0 Å². The van der Waals surface area contributed by atoms with Crippen LogP contribution >= 0.6 is 11.6 Å². The minimum absolute atomic E-state index is 0.505. The van der Waals surface area contributed by atoms with Gasteiger partial charge in [-0.25, -0.2) is 0 Å². The predicted octanol–water partition coefficient (Wildman–Crippen LogP) is 2.38. The summed E-state index contributed by atoms with van der Waals surface area (Å²) in [4.78, 5) is 0. The summed E-state index contributed by atoms with van der Waals surface area (Å²) in [6.45, 7) is 3.48. The standard InChI is InChI=1S/C12H18ClNO2/c1-3-6-14-8-11(15)10-7-9(13)4-5-12(10)16-2/h4-5,7,11,14-15H,3,6,8H2,1-2H3. The molecule has 1 aromatic rings. The van der Waals surface area contributed by atoms with Crippen molar-refractivity contribution in [2.45, 2.75) is 19.4 Å². The van der Waals surface area contributed by atoms with E-state index in [0.717, 1.165) is 18.5 Å². The van der Waals surface area contributed by atoms with E-state index in [9.17, 15) is 5.11 Å². The maximum absolute atomic E-state index is 9.98. The number of hydrogen-bond acceptors (Lipinski definition) is 3. The number of methoxy groups -OCH3 is 1. The molecule has 2 N–H and O–H groups in total. The average Bonchev–Trinajstić information content (AvgIpc) is 2.29. The summed E-state index contributed by atoms with van der Waals surface area (Å²) < 4.78 is 5.18. The van der Waals surface area contributed by atoms with E-state index in [0.29, 0.717) is 17.3 Å². The van der Waals surface area contributed by atoms with Gasteiger partial charge < -0.3 is 15.2 Å². The highest BCUT2D eigenvalue weighted by Crippen LogP contribution is 2.27. The molecule has 1 aromatic carbocycles. The van der Waals surface area contributed by atoms with Crippen LogP contribution in [0.25, 0.3) is 0 Å². The molecule has 16 heavy (non-hydrogen) atoms. The van der Waals surface area contributed by atoms with Crippen LogP contribution < -0.4 is 10.1 Å². The van der Waals surface area contributed by atoms with Crippen LogP contribution in [0.4, 0.5) is 0 Å². The van der Waals surface area contributed by atoms with Crippen molar-refractivity contribution in [3.05, 3.63) is 28.8 Å². The van der Waals surface area contributed by atoms with Crippen LogP contribution in [-0.4, -0.2) is 25.3 Å². The van der Waals surface area contributed by atoms with Gasteiger partial charge in [0.1, 0.15) is 5.75 Å². The van der Waals surface area contributed by atoms with E-state index in [1.807, 2.05) is 0 Å². The zero-order valence-corrected chi connectivity index (χ0v) is 10.4. The van der Waals surface area contributed by atoms with E-state index in [1.54, 1.807) is 25.3 Å². The van der Waals surface area contributed by atoms with Crippen molar-refractivity contribution in [2.75, 3.05) is 20.2 Å². The molecule has 4 heteroatoms. The highest BCUT2D eigenvalue weighted by atomic mass is 35.5. The first-order chi connectivity index (χ1) is 7.69. The minimum Gasteiger partial charge on any atom is -0.496 e. The van der Waals surface area contributed by atoms with Crippen molar-refractivity contribution in [3.63, 3.8) is 0 Å². The van der Waals surface area contributed by atoms with Gasteiger partial charge in [0, 0.05) is 17.1 Å². The third-order valence-electron chi connectivity index (χ3n) is 2.32. The van der Waals surface area contributed by atoms with Gasteiger partial charge in [0.2, 0.25) is 0 Å². The van der Waals surface area contributed by atoms with E-state index < -0.39 is 6.10 Å². The molecule has 1 rings (SSSR count). The van der Waals surface area contributed by atoms with E-state index >= 15 is 0 Å². The summed E-state index contributed by atoms with van der Waals surface area (Å²) in [6, 6.07) is 5.25. The molecule has 0 fully saturated rings. The monoisotopic (exact) mass is 243 g/mol. The molecule has 0 amide bonds. The van der Waals surface area contributed by atoms with Gasteiger partial charge in [0.25, 0.3) is 0 Å². The van der Waals surface area contributed by atoms with E-state index in [2.05, 4.69) is 12.2 Å². The summed E-state index contributed by atoms with van der Waals surface area (Å²) >= 11 is 5.89. The van der Waals surface area contributed by atoms with Gasteiger partial charge in [0.05, 0.1) is 13.2 Å². The normalized spacial score (nSPS) is 12.5. The maximum Gasteiger partial charge on any atom is 0.124 e. The SMILES string of the molecule is CCCNCC(O)c1cc(Cl)ccc1OC. The summed E-state index contributed by atoms with van der Waals surface area (Å²) in [7, 11) is 1.58. The largest absolute Gasteiger partial charge is 0.496 e. The van der Waals surface area contributed by atoms with Gasteiger partial charge in [-0.1, -0.05) is 18.5 Å². The van der Waals surface area contributed by atoms with Gasteiger partial charge in [-0.2, -0.15) is 0 Å². The molecule has 0 heterocycles. The lowest BCUT2D eigenvalue weighted by Gasteiger charge is -2.15. The lowest BCUT2D eigenvalue weighted by atomic mass is 10.1. The fraction of sp³-hybridized carbons (Fsp3) is 0.500. The number of benzene rings is 1. The number of nitrogens with one attached hydrogen (secondary N) is 1. The second-order valence-electron chi connectivity index (χ2n) is 3.61. The van der Waals surface area contributed by atoms with E-state index in [-0.39, 0.29) is 0 Å². The molecule has 1 atom stereocenters. The number of rotatable bonds is 6. The lowest BCUT2D eigenvalue weighted by Crippen LogP contribution is -2.22. The molecule has 0 aliphatic carbocycles. The number of hydrogen-bond donors (Lipinski definition) is 2. The smallest absolute Gasteiger partial charge is 0.124 e. The second-order valence-corrected chi connectivity index (χ2v) is 4.04. The van der Waals surface area contributed by atoms with Gasteiger partial charge in [-0.05, 0) is 31.2 Å². The van der Waals surface area contributed by atoms with Crippen LogP contribution in [0.5, 0.6) is 5.75 Å². The zero-order valence-electron chi connectivity index (χ0n) is 9.66. The molecule has 90 valence electrons. The van der Waals surface area contributed by atoms with Crippen molar-refractivity contribution in [3.8, 4) is 5.75 Å². The maximum atomic E-state index is 9.98. The molecule has 0 radical (unpaired) electrons. The molecular formula is C12H18ClNO2. The molecular weight excluding hydrogens is 226 g/mol. The molecule has 3 nitrogen and oxygen atoms in total. The Labute approximate surface area is 101 Å². The Bertz CT molecular complexity index is 331. The van der Waals surface area contributed by atoms with Crippen LogP contribution in [0.3, 0.4) is 0 Å². The highest BCUT2D eigenvalue weighted by molar-refractivity contribution is 6.30. The Kier molecular flexibility index (Phi) is 5.60. The second kappa shape index (κ2) is 6.74. The Balaban J connectivity index is 2.72. The molecule has 0 aromatic heterocycles. The molecule has 0 aliphatic heterocycles. The Morgan fingerprint density at radius 3 is 2.88 bits per heavy atom. The summed E-state index contributed by atoms with van der Waals surface area (Å²) in [5, 5.41) is 13.7.